The van der Waals surface area contributed by atoms with Crippen LogP contribution in [-0.4, -0.2) is 33.6 Å². The lowest BCUT2D eigenvalue weighted by Gasteiger charge is -2.12. The lowest BCUT2D eigenvalue weighted by Crippen LogP contribution is -2.32. The third-order valence-corrected chi connectivity index (χ3v) is 5.55. The first-order valence-electron chi connectivity index (χ1n) is 6.52. The average Bonchev–Trinajstić information content (AvgIpc) is 2.90. The summed E-state index contributed by atoms with van der Waals surface area (Å²) in [6.07, 6.45) is 1.94. The second kappa shape index (κ2) is 6.43. The number of amides is 1. The van der Waals surface area contributed by atoms with Crippen molar-refractivity contribution < 1.29 is 17.9 Å². The van der Waals surface area contributed by atoms with Gasteiger partial charge in [-0.2, -0.15) is 0 Å². The number of primary sulfonamides is 1. The van der Waals surface area contributed by atoms with Gasteiger partial charge in [-0.3, -0.25) is 4.79 Å². The minimum atomic E-state index is -3.89. The molecule has 1 heterocycles. The molecule has 2 rings (SSSR count). The second-order valence-corrected chi connectivity index (χ2v) is 7.32. The molecule has 1 atom stereocenters. The highest BCUT2D eigenvalue weighted by Gasteiger charge is 2.20. The van der Waals surface area contributed by atoms with Crippen molar-refractivity contribution in [3.05, 3.63) is 27.7 Å². The van der Waals surface area contributed by atoms with Gasteiger partial charge in [-0.1, -0.05) is 0 Å². The Bertz CT molecular complexity index is 654. The molecular weight excluding hydrogens is 360 g/mol. The Balaban J connectivity index is 2.19. The maximum Gasteiger partial charge on any atom is 0.251 e. The van der Waals surface area contributed by atoms with E-state index >= 15 is 0 Å². The van der Waals surface area contributed by atoms with Gasteiger partial charge in [-0.05, 0) is 53.4 Å². The fourth-order valence-electron chi connectivity index (χ4n) is 2.19. The number of nitrogens with two attached hydrogens (primary N) is 1. The van der Waals surface area contributed by atoms with Crippen LogP contribution in [0.2, 0.25) is 0 Å². The van der Waals surface area contributed by atoms with Gasteiger partial charge < -0.3 is 10.1 Å². The maximum absolute atomic E-state index is 12.1. The molecule has 0 spiro atoms. The zero-order valence-corrected chi connectivity index (χ0v) is 14.0. The molecule has 0 aromatic heterocycles. The number of aryl methyl sites for hydroxylation is 1. The maximum atomic E-state index is 12.1. The number of hydrogen-bond donors (Lipinski definition) is 2. The van der Waals surface area contributed by atoms with Crippen molar-refractivity contribution in [3.63, 3.8) is 0 Å². The van der Waals surface area contributed by atoms with Crippen LogP contribution in [0.15, 0.2) is 21.5 Å². The molecule has 1 aliphatic heterocycles. The molecule has 1 aliphatic rings. The van der Waals surface area contributed by atoms with Crippen molar-refractivity contribution in [1.82, 2.24) is 5.32 Å². The normalized spacial score (nSPS) is 18.7. The van der Waals surface area contributed by atoms with Crippen LogP contribution in [-0.2, 0) is 14.8 Å². The van der Waals surface area contributed by atoms with Gasteiger partial charge in [0.25, 0.3) is 5.91 Å². The first-order valence-corrected chi connectivity index (χ1v) is 8.85. The molecule has 0 aliphatic carbocycles. The number of hydrogen-bond acceptors (Lipinski definition) is 4. The minimum absolute atomic E-state index is 0.0307. The summed E-state index contributed by atoms with van der Waals surface area (Å²) in [5.74, 6) is -0.342. The van der Waals surface area contributed by atoms with Gasteiger partial charge in [-0.15, -0.1) is 0 Å². The fourth-order valence-corrected chi connectivity index (χ4v) is 3.80. The summed E-state index contributed by atoms with van der Waals surface area (Å²) in [4.78, 5) is 12.0. The van der Waals surface area contributed by atoms with Crippen molar-refractivity contribution in [2.75, 3.05) is 13.2 Å². The van der Waals surface area contributed by atoms with E-state index in [2.05, 4.69) is 21.2 Å². The molecule has 1 fully saturated rings. The second-order valence-electron chi connectivity index (χ2n) is 5.00. The topological polar surface area (TPSA) is 98.5 Å². The summed E-state index contributed by atoms with van der Waals surface area (Å²) in [5, 5.41) is 7.91. The van der Waals surface area contributed by atoms with E-state index < -0.39 is 10.0 Å². The summed E-state index contributed by atoms with van der Waals surface area (Å²) in [5.41, 5.74) is 0.890. The molecule has 3 N–H and O–H groups in total. The van der Waals surface area contributed by atoms with E-state index in [1.807, 2.05) is 0 Å². The Kier molecular flexibility index (Phi) is 5.03. The number of carbonyl (C=O) groups excluding carboxylic acids is 1. The first kappa shape index (κ1) is 16.4. The first-order chi connectivity index (χ1) is 9.79. The fraction of sp³-hybridized carbons (Fsp3) is 0.462. The highest BCUT2D eigenvalue weighted by molar-refractivity contribution is 9.10. The zero-order chi connectivity index (χ0) is 15.6. The molecular formula is C13H17BrN2O4S. The Morgan fingerprint density at radius 2 is 2.24 bits per heavy atom. The predicted molar refractivity (Wildman–Crippen MR) is 81.6 cm³/mol. The van der Waals surface area contributed by atoms with Crippen LogP contribution in [0.25, 0.3) is 0 Å². The Morgan fingerprint density at radius 1 is 1.52 bits per heavy atom. The molecule has 6 nitrogen and oxygen atoms in total. The molecule has 116 valence electrons. The van der Waals surface area contributed by atoms with Gasteiger partial charge in [0.2, 0.25) is 10.0 Å². The van der Waals surface area contributed by atoms with Crippen molar-refractivity contribution in [1.29, 1.82) is 0 Å². The molecule has 1 amide bonds. The summed E-state index contributed by atoms with van der Waals surface area (Å²) in [6.45, 7) is 2.84. The number of rotatable bonds is 4. The third kappa shape index (κ3) is 4.03. The Labute approximate surface area is 132 Å². The molecule has 1 saturated heterocycles. The predicted octanol–water partition coefficient (Wildman–Crippen LogP) is 1.31. The SMILES string of the molecule is Cc1cc(C(=O)NCC2CCCO2)cc(S(N)(=O)=O)c1Br. The van der Waals surface area contributed by atoms with Gasteiger partial charge in [0.15, 0.2) is 0 Å². The lowest BCUT2D eigenvalue weighted by molar-refractivity contribution is 0.0857. The van der Waals surface area contributed by atoms with Crippen LogP contribution < -0.4 is 10.5 Å². The van der Waals surface area contributed by atoms with Crippen molar-refractivity contribution >= 4 is 31.9 Å². The summed E-state index contributed by atoms with van der Waals surface area (Å²) >= 11 is 3.18. The smallest absolute Gasteiger partial charge is 0.251 e. The number of benzene rings is 1. The number of nitrogens with one attached hydrogen (secondary N) is 1. The van der Waals surface area contributed by atoms with Gasteiger partial charge in [0, 0.05) is 23.2 Å². The molecule has 1 unspecified atom stereocenters. The largest absolute Gasteiger partial charge is 0.376 e. The Hall–Kier alpha value is -0.960. The van der Waals surface area contributed by atoms with Gasteiger partial charge in [0.05, 0.1) is 11.0 Å². The van der Waals surface area contributed by atoms with Crippen LogP contribution >= 0.6 is 15.9 Å². The van der Waals surface area contributed by atoms with E-state index in [9.17, 15) is 13.2 Å². The third-order valence-electron chi connectivity index (χ3n) is 3.30. The van der Waals surface area contributed by atoms with E-state index in [0.717, 1.165) is 12.8 Å². The van der Waals surface area contributed by atoms with Gasteiger partial charge in [0.1, 0.15) is 0 Å². The molecule has 21 heavy (non-hydrogen) atoms. The van der Waals surface area contributed by atoms with Crippen LogP contribution in [0.5, 0.6) is 0 Å². The van der Waals surface area contributed by atoms with E-state index in [1.165, 1.54) is 6.07 Å². The quantitative estimate of drug-likeness (QED) is 0.827. The average molecular weight is 377 g/mol. The summed E-state index contributed by atoms with van der Waals surface area (Å²) < 4.78 is 28.9. The zero-order valence-electron chi connectivity index (χ0n) is 11.6. The summed E-state index contributed by atoms with van der Waals surface area (Å²) in [6, 6.07) is 2.89. The van der Waals surface area contributed by atoms with E-state index in [4.69, 9.17) is 9.88 Å². The van der Waals surface area contributed by atoms with Crippen molar-refractivity contribution in [2.45, 2.75) is 30.8 Å². The molecule has 0 radical (unpaired) electrons. The van der Waals surface area contributed by atoms with E-state index in [1.54, 1.807) is 13.0 Å². The van der Waals surface area contributed by atoms with Gasteiger partial charge in [-0.25, -0.2) is 13.6 Å². The van der Waals surface area contributed by atoms with Crippen LogP contribution in [0, 0.1) is 6.92 Å². The number of halogens is 1. The molecule has 0 bridgehead atoms. The van der Waals surface area contributed by atoms with Crippen molar-refractivity contribution in [3.8, 4) is 0 Å². The molecule has 0 saturated carbocycles. The monoisotopic (exact) mass is 376 g/mol. The van der Waals surface area contributed by atoms with Crippen LogP contribution in [0.3, 0.4) is 0 Å². The van der Waals surface area contributed by atoms with E-state index in [-0.39, 0.29) is 22.5 Å². The summed E-state index contributed by atoms with van der Waals surface area (Å²) in [7, 11) is -3.89. The Morgan fingerprint density at radius 3 is 2.81 bits per heavy atom. The van der Waals surface area contributed by atoms with Gasteiger partial charge >= 0.3 is 0 Å². The number of carbonyl (C=O) groups is 1. The molecule has 8 heteroatoms. The standard InChI is InChI=1S/C13H17BrN2O4S/c1-8-5-9(6-11(12(8)14)21(15,18)19)13(17)16-7-10-3-2-4-20-10/h5-6,10H,2-4,7H2,1H3,(H,16,17)(H2,15,18,19). The highest BCUT2D eigenvalue weighted by Crippen LogP contribution is 2.26. The van der Waals surface area contributed by atoms with E-state index in [0.29, 0.717) is 23.2 Å². The highest BCUT2D eigenvalue weighted by atomic mass is 79.9. The van der Waals surface area contributed by atoms with Crippen LogP contribution in [0.4, 0.5) is 0 Å². The van der Waals surface area contributed by atoms with Crippen molar-refractivity contribution in [2.24, 2.45) is 5.14 Å². The number of sulfonamides is 1. The molecule has 1 aromatic carbocycles. The minimum Gasteiger partial charge on any atom is -0.376 e. The van der Waals surface area contributed by atoms with Crippen LogP contribution in [0.1, 0.15) is 28.8 Å². The number of ether oxygens (including phenoxy) is 1. The molecule has 1 aromatic rings. The lowest BCUT2D eigenvalue weighted by atomic mass is 10.1.